The maximum Gasteiger partial charge on any atom is 0.417 e. The number of aliphatic hydroxyl groups excluding tert-OH is 1. The Morgan fingerprint density at radius 1 is 1.21 bits per heavy atom. The van der Waals surface area contributed by atoms with Gasteiger partial charge in [0.2, 0.25) is 5.95 Å². The first-order valence-electron chi connectivity index (χ1n) is 11.3. The van der Waals surface area contributed by atoms with Crippen LogP contribution in [0.3, 0.4) is 0 Å². The van der Waals surface area contributed by atoms with E-state index in [0.717, 1.165) is 16.8 Å². The van der Waals surface area contributed by atoms with Gasteiger partial charge < -0.3 is 24.3 Å². The molecule has 0 saturated heterocycles. The molecule has 0 radical (unpaired) electrons. The molecule has 5 aromatic heterocycles. The van der Waals surface area contributed by atoms with Gasteiger partial charge in [-0.05, 0) is 18.9 Å². The summed E-state index contributed by atoms with van der Waals surface area (Å²) in [5, 5.41) is 16.6. The molecule has 5 heterocycles. The van der Waals surface area contributed by atoms with Crippen LogP contribution in [-0.2, 0) is 13.2 Å². The molecule has 1 saturated carbocycles. The number of halogens is 4. The quantitative estimate of drug-likeness (QED) is 0.338. The van der Waals surface area contributed by atoms with Crippen molar-refractivity contribution in [1.82, 2.24) is 33.7 Å². The number of rotatable bonds is 5. The van der Waals surface area contributed by atoms with Gasteiger partial charge in [-0.25, -0.2) is 9.50 Å². The predicted octanol–water partition coefficient (Wildman–Crippen LogP) is 4.08. The molecule has 0 spiro atoms. The number of alkyl halides is 3. The second-order valence-corrected chi connectivity index (χ2v) is 9.25. The molecule has 0 bridgehead atoms. The molecule has 38 heavy (non-hydrogen) atoms. The minimum Gasteiger partial charge on any atom is -0.450 e. The van der Waals surface area contributed by atoms with Crippen molar-refractivity contribution in [1.29, 1.82) is 0 Å². The van der Waals surface area contributed by atoms with Crippen LogP contribution in [0.25, 0.3) is 16.7 Å². The molecule has 0 aromatic carbocycles. The highest BCUT2D eigenvalue weighted by atomic mass is 35.5. The number of nitrogens with zero attached hydrogens (tertiary/aromatic N) is 7. The van der Waals surface area contributed by atoms with Crippen LogP contribution >= 0.6 is 11.6 Å². The number of pyridine rings is 2. The first-order chi connectivity index (χ1) is 18.1. The van der Waals surface area contributed by atoms with Crippen molar-refractivity contribution in [3.8, 4) is 11.5 Å². The number of aryl methyl sites for hydroxylation is 1. The van der Waals surface area contributed by atoms with Crippen molar-refractivity contribution >= 4 is 39.9 Å². The molecule has 0 amide bonds. The number of imidazole rings is 1. The summed E-state index contributed by atoms with van der Waals surface area (Å²) in [4.78, 5) is 25.7. The van der Waals surface area contributed by atoms with E-state index in [1.807, 2.05) is 0 Å². The Morgan fingerprint density at radius 2 is 2.00 bits per heavy atom. The smallest absolute Gasteiger partial charge is 0.417 e. The molecular weight excluding hydrogens is 529 g/mol. The maximum atomic E-state index is 13.6. The lowest BCUT2D eigenvalue weighted by molar-refractivity contribution is -0.138. The van der Waals surface area contributed by atoms with Crippen molar-refractivity contribution in [3.63, 3.8) is 0 Å². The fourth-order valence-corrected chi connectivity index (χ4v) is 4.63. The third-order valence-electron chi connectivity index (χ3n) is 6.41. The second kappa shape index (κ2) is 8.70. The Morgan fingerprint density at radius 3 is 2.74 bits per heavy atom. The van der Waals surface area contributed by atoms with Crippen LogP contribution in [0, 0.1) is 0 Å². The van der Waals surface area contributed by atoms with Gasteiger partial charge in [-0.1, -0.05) is 11.6 Å². The number of ether oxygens (including phenoxy) is 1. The summed E-state index contributed by atoms with van der Waals surface area (Å²) in [6.45, 7) is 0. The number of aromatic nitrogens is 7. The summed E-state index contributed by atoms with van der Waals surface area (Å²) in [7, 11) is 1.57. The highest BCUT2D eigenvalue weighted by Gasteiger charge is 2.36. The van der Waals surface area contributed by atoms with Crippen molar-refractivity contribution in [2.75, 3.05) is 5.32 Å². The number of fused-ring (bicyclic) bond motifs is 2. The van der Waals surface area contributed by atoms with Gasteiger partial charge in [0.05, 0.1) is 30.3 Å². The molecular formula is C23H18ClF3N8O3. The fraction of sp³-hybridized carbons (Fsp3) is 0.261. The lowest BCUT2D eigenvalue weighted by Gasteiger charge is -2.33. The van der Waals surface area contributed by atoms with Crippen LogP contribution < -0.4 is 15.6 Å². The summed E-state index contributed by atoms with van der Waals surface area (Å²) < 4.78 is 50.8. The standard InChI is InChI=1S/C23H18ClF3N8O3/c1-33-19-18(24)17(38-16-9-30-35-3-2-28-7-15(16)35)8-29-20(19)32-22(33)31-14-4-11(23(25,26)27)10-34(21(14)37)12-5-13(36)6-12/h2-4,7-10,12-13,36H,5-6H2,1H3,(H,29,31,32). The summed E-state index contributed by atoms with van der Waals surface area (Å²) in [6, 6.07) is 0.197. The van der Waals surface area contributed by atoms with E-state index in [-0.39, 0.29) is 40.9 Å². The summed E-state index contributed by atoms with van der Waals surface area (Å²) >= 11 is 6.62. The lowest BCUT2D eigenvalue weighted by atomic mass is 9.89. The van der Waals surface area contributed by atoms with Crippen LogP contribution in [0.2, 0.25) is 5.02 Å². The van der Waals surface area contributed by atoms with E-state index in [1.165, 1.54) is 17.0 Å². The van der Waals surface area contributed by atoms with E-state index in [9.17, 15) is 23.1 Å². The van der Waals surface area contributed by atoms with E-state index in [2.05, 4.69) is 25.4 Å². The third kappa shape index (κ3) is 4.01. The van der Waals surface area contributed by atoms with Gasteiger partial charge in [-0.3, -0.25) is 9.78 Å². The van der Waals surface area contributed by atoms with Gasteiger partial charge in [0, 0.05) is 31.7 Å². The molecule has 15 heteroatoms. The Kier molecular flexibility index (Phi) is 5.54. The SMILES string of the molecule is Cn1c(Nc2cc(C(F)(F)F)cn(C3CC(O)C3)c2=O)nc2ncc(Oc3cnn4ccncc34)c(Cl)c21. The average molecular weight is 547 g/mol. The molecule has 0 aliphatic heterocycles. The van der Waals surface area contributed by atoms with Gasteiger partial charge in [0.1, 0.15) is 21.7 Å². The Hall–Kier alpha value is -4.17. The number of hydrogen-bond acceptors (Lipinski definition) is 8. The number of anilines is 2. The molecule has 2 N–H and O–H groups in total. The number of nitrogens with one attached hydrogen (secondary N) is 1. The van der Waals surface area contributed by atoms with E-state index in [1.54, 1.807) is 30.2 Å². The van der Waals surface area contributed by atoms with Crippen LogP contribution in [0.1, 0.15) is 24.4 Å². The summed E-state index contributed by atoms with van der Waals surface area (Å²) in [5.41, 5.74) is -0.901. The predicted molar refractivity (Wildman–Crippen MR) is 130 cm³/mol. The molecule has 1 aliphatic carbocycles. The van der Waals surface area contributed by atoms with Crippen molar-refractivity contribution in [2.24, 2.45) is 7.05 Å². The number of hydrogen-bond donors (Lipinski definition) is 2. The monoisotopic (exact) mass is 546 g/mol. The first kappa shape index (κ1) is 24.2. The fourth-order valence-electron chi connectivity index (χ4n) is 4.33. The highest BCUT2D eigenvalue weighted by Crippen LogP contribution is 2.38. The molecule has 0 atom stereocenters. The summed E-state index contributed by atoms with van der Waals surface area (Å²) in [5.74, 6) is 0.619. The minimum atomic E-state index is -4.69. The van der Waals surface area contributed by atoms with Crippen molar-refractivity contribution in [2.45, 2.75) is 31.2 Å². The maximum absolute atomic E-state index is 13.6. The van der Waals surface area contributed by atoms with Crippen molar-refractivity contribution in [3.05, 3.63) is 64.2 Å². The molecule has 1 fully saturated rings. The van der Waals surface area contributed by atoms with E-state index in [0.29, 0.717) is 16.8 Å². The largest absolute Gasteiger partial charge is 0.450 e. The van der Waals surface area contributed by atoms with Gasteiger partial charge in [-0.2, -0.15) is 23.3 Å². The first-order valence-corrected chi connectivity index (χ1v) is 11.7. The van der Waals surface area contributed by atoms with Gasteiger partial charge in [0.15, 0.2) is 17.1 Å². The molecule has 1 aliphatic rings. The zero-order chi connectivity index (χ0) is 26.8. The van der Waals surface area contributed by atoms with E-state index >= 15 is 0 Å². The zero-order valence-corrected chi connectivity index (χ0v) is 20.3. The lowest BCUT2D eigenvalue weighted by Crippen LogP contribution is -2.37. The van der Waals surface area contributed by atoms with Gasteiger partial charge in [-0.15, -0.1) is 0 Å². The van der Waals surface area contributed by atoms with Crippen LogP contribution in [0.4, 0.5) is 24.8 Å². The van der Waals surface area contributed by atoms with Crippen LogP contribution in [0.5, 0.6) is 11.5 Å². The Balaban J connectivity index is 1.38. The zero-order valence-electron chi connectivity index (χ0n) is 19.5. The summed E-state index contributed by atoms with van der Waals surface area (Å²) in [6.07, 6.45) is 3.47. The van der Waals surface area contributed by atoms with Gasteiger partial charge >= 0.3 is 6.18 Å². The normalized spacial score (nSPS) is 17.6. The topological polar surface area (TPSA) is 124 Å². The Bertz CT molecular complexity index is 1760. The van der Waals surface area contributed by atoms with Crippen LogP contribution in [-0.4, -0.2) is 44.9 Å². The van der Waals surface area contributed by atoms with E-state index < -0.39 is 29.4 Å². The second-order valence-electron chi connectivity index (χ2n) is 8.88. The van der Waals surface area contributed by atoms with E-state index in [4.69, 9.17) is 16.3 Å². The minimum absolute atomic E-state index is 0.0448. The molecule has 196 valence electrons. The average Bonchev–Trinajstić information content (AvgIpc) is 3.40. The highest BCUT2D eigenvalue weighted by molar-refractivity contribution is 6.36. The molecule has 0 unspecified atom stereocenters. The van der Waals surface area contributed by atoms with Gasteiger partial charge in [0.25, 0.3) is 5.56 Å². The van der Waals surface area contributed by atoms with Crippen LogP contribution in [0.15, 0.2) is 48.0 Å². The molecule has 5 aromatic rings. The number of aliphatic hydroxyl groups is 1. The Labute approximate surface area is 216 Å². The molecule has 6 rings (SSSR count). The third-order valence-corrected chi connectivity index (χ3v) is 6.78. The van der Waals surface area contributed by atoms with Crippen molar-refractivity contribution < 1.29 is 23.0 Å². The molecule has 11 nitrogen and oxygen atoms in total.